The van der Waals surface area contributed by atoms with Gasteiger partial charge in [0.25, 0.3) is 5.91 Å². The van der Waals surface area contributed by atoms with Gasteiger partial charge in [0.05, 0.1) is 37.4 Å². The highest BCUT2D eigenvalue weighted by molar-refractivity contribution is 5.94. The molecule has 2 amide bonds. The van der Waals surface area contributed by atoms with Crippen molar-refractivity contribution >= 4 is 11.8 Å². The molecule has 1 aromatic heterocycles. The molecule has 1 aliphatic heterocycles. The van der Waals surface area contributed by atoms with Gasteiger partial charge in [0.15, 0.2) is 0 Å². The van der Waals surface area contributed by atoms with Gasteiger partial charge in [0.1, 0.15) is 12.4 Å². The monoisotopic (exact) mass is 382 g/mol. The number of carbonyl (C=O) groups excluding carboxylic acids is 2. The van der Waals surface area contributed by atoms with Crippen LogP contribution in [0.2, 0.25) is 0 Å². The van der Waals surface area contributed by atoms with E-state index in [-0.39, 0.29) is 24.8 Å². The van der Waals surface area contributed by atoms with Crippen molar-refractivity contribution in [2.45, 2.75) is 31.2 Å². The van der Waals surface area contributed by atoms with Gasteiger partial charge in [-0.05, 0) is 18.2 Å². The molecule has 0 unspecified atom stereocenters. The van der Waals surface area contributed by atoms with Crippen LogP contribution >= 0.6 is 0 Å². The number of ether oxygens (including phenoxy) is 1. The van der Waals surface area contributed by atoms with Gasteiger partial charge in [-0.3, -0.25) is 9.59 Å². The number of amides is 2. The van der Waals surface area contributed by atoms with Gasteiger partial charge in [-0.15, -0.1) is 0 Å². The normalized spacial score (nSPS) is 21.1. The third-order valence-corrected chi connectivity index (χ3v) is 4.29. The Bertz CT molecular complexity index is 813. The highest BCUT2D eigenvalue weighted by Crippen LogP contribution is 2.16. The van der Waals surface area contributed by atoms with E-state index in [1.54, 1.807) is 48.7 Å². The summed E-state index contributed by atoms with van der Waals surface area (Å²) in [6, 6.07) is 10.1. The Labute approximate surface area is 162 Å². The Morgan fingerprint density at radius 1 is 1.14 bits per heavy atom. The van der Waals surface area contributed by atoms with Crippen LogP contribution < -0.4 is 10.6 Å². The van der Waals surface area contributed by atoms with E-state index in [0.29, 0.717) is 17.8 Å². The lowest BCUT2D eigenvalue weighted by Crippen LogP contribution is -2.49. The molecule has 0 spiro atoms. The summed E-state index contributed by atoms with van der Waals surface area (Å²) in [5.41, 5.74) is 1.24. The molecule has 2 heterocycles. The number of aromatic nitrogens is 2. The van der Waals surface area contributed by atoms with Gasteiger partial charge >= 0.3 is 0 Å². The van der Waals surface area contributed by atoms with Crippen molar-refractivity contribution in [1.82, 2.24) is 20.6 Å². The lowest BCUT2D eigenvalue weighted by molar-refractivity contribution is -0.125. The van der Waals surface area contributed by atoms with E-state index in [2.05, 4.69) is 20.6 Å². The maximum Gasteiger partial charge on any atom is 0.251 e. The van der Waals surface area contributed by atoms with Crippen molar-refractivity contribution in [3.8, 4) is 0 Å². The smallest absolute Gasteiger partial charge is 0.251 e. The van der Waals surface area contributed by atoms with Crippen LogP contribution in [-0.4, -0.2) is 51.7 Å². The second-order valence-electron chi connectivity index (χ2n) is 6.33. The molecular weight excluding hydrogens is 360 g/mol. The second-order valence-corrected chi connectivity index (χ2v) is 6.33. The van der Waals surface area contributed by atoms with E-state index in [9.17, 15) is 14.7 Å². The molecule has 0 bridgehead atoms. The van der Waals surface area contributed by atoms with Crippen molar-refractivity contribution in [2.24, 2.45) is 0 Å². The molecule has 0 aliphatic carbocycles. The van der Waals surface area contributed by atoms with Crippen LogP contribution in [0.25, 0.3) is 0 Å². The van der Waals surface area contributed by atoms with Gasteiger partial charge in [0, 0.05) is 11.8 Å². The summed E-state index contributed by atoms with van der Waals surface area (Å²) in [5, 5.41) is 15.2. The first-order valence-electron chi connectivity index (χ1n) is 8.98. The van der Waals surface area contributed by atoms with Crippen molar-refractivity contribution in [3.05, 3.63) is 72.3 Å². The van der Waals surface area contributed by atoms with Gasteiger partial charge in [-0.25, -0.2) is 9.97 Å². The summed E-state index contributed by atoms with van der Waals surface area (Å²) >= 11 is 0. The minimum atomic E-state index is -0.627. The molecule has 8 heteroatoms. The zero-order valence-electron chi connectivity index (χ0n) is 15.2. The first-order chi connectivity index (χ1) is 13.7. The van der Waals surface area contributed by atoms with Crippen LogP contribution in [0.4, 0.5) is 0 Å². The topological polar surface area (TPSA) is 113 Å². The number of hydrogen-bond donors (Lipinski definition) is 3. The fraction of sp³-hybridized carbons (Fsp3) is 0.300. The van der Waals surface area contributed by atoms with E-state index in [1.165, 1.54) is 6.33 Å². The second kappa shape index (κ2) is 9.72. The fourth-order valence-corrected chi connectivity index (χ4v) is 2.83. The molecule has 0 saturated carbocycles. The molecule has 3 rings (SSSR count). The van der Waals surface area contributed by atoms with Crippen molar-refractivity contribution < 1.29 is 19.4 Å². The number of benzene rings is 1. The van der Waals surface area contributed by atoms with Crippen LogP contribution in [0.15, 0.2) is 61.1 Å². The van der Waals surface area contributed by atoms with Gasteiger partial charge in [-0.2, -0.15) is 0 Å². The van der Waals surface area contributed by atoms with E-state index in [0.717, 1.165) is 0 Å². The fourth-order valence-electron chi connectivity index (χ4n) is 2.83. The quantitative estimate of drug-likeness (QED) is 0.605. The molecule has 2 aromatic rings. The molecule has 0 saturated heterocycles. The summed E-state index contributed by atoms with van der Waals surface area (Å²) in [7, 11) is 0. The van der Waals surface area contributed by atoms with Crippen LogP contribution in [0, 0.1) is 0 Å². The number of aliphatic hydroxyl groups is 1. The highest BCUT2D eigenvalue weighted by atomic mass is 16.5. The average Bonchev–Trinajstić information content (AvgIpc) is 2.74. The number of aliphatic hydroxyl groups excluding tert-OH is 1. The Morgan fingerprint density at radius 3 is 2.68 bits per heavy atom. The standard InChI is InChI=1S/C20H22N4O4/c25-12-18-17(24-20(27)14-4-2-1-3-5-14)7-6-16(28-18)10-19(26)22-11-15-8-9-21-13-23-15/h1-9,13,16-18,25H,10-12H2,(H,22,26)(H,24,27)/t16-,17-,18-/m1/s1. The Hall–Kier alpha value is -3.10. The third-order valence-electron chi connectivity index (χ3n) is 4.29. The van der Waals surface area contributed by atoms with E-state index < -0.39 is 18.2 Å². The zero-order valence-corrected chi connectivity index (χ0v) is 15.2. The largest absolute Gasteiger partial charge is 0.394 e. The molecule has 1 aliphatic rings. The van der Waals surface area contributed by atoms with Crippen molar-refractivity contribution in [2.75, 3.05) is 6.61 Å². The summed E-state index contributed by atoms with van der Waals surface area (Å²) < 4.78 is 5.77. The SMILES string of the molecule is O=C(C[C@H]1C=C[C@@H](NC(=O)c2ccccc2)[C@@H](CO)O1)NCc1ccncn1. The molecule has 0 fully saturated rings. The molecule has 3 atom stereocenters. The van der Waals surface area contributed by atoms with Gasteiger partial charge < -0.3 is 20.5 Å². The minimum Gasteiger partial charge on any atom is -0.394 e. The molecular formula is C20H22N4O4. The highest BCUT2D eigenvalue weighted by Gasteiger charge is 2.29. The number of rotatable bonds is 7. The molecule has 0 radical (unpaired) electrons. The van der Waals surface area contributed by atoms with Crippen LogP contribution in [0.5, 0.6) is 0 Å². The Morgan fingerprint density at radius 2 is 1.96 bits per heavy atom. The van der Waals surface area contributed by atoms with Crippen LogP contribution in [0.1, 0.15) is 22.5 Å². The summed E-state index contributed by atoms with van der Waals surface area (Å²) in [6.07, 6.45) is 5.52. The summed E-state index contributed by atoms with van der Waals surface area (Å²) in [5.74, 6) is -0.449. The number of nitrogens with zero attached hydrogens (tertiary/aromatic N) is 2. The van der Waals surface area contributed by atoms with Gasteiger partial charge in [0.2, 0.25) is 5.91 Å². The van der Waals surface area contributed by atoms with Crippen LogP contribution in [0.3, 0.4) is 0 Å². The number of carbonyl (C=O) groups is 2. The van der Waals surface area contributed by atoms with E-state index in [1.807, 2.05) is 6.07 Å². The molecule has 8 nitrogen and oxygen atoms in total. The van der Waals surface area contributed by atoms with Crippen molar-refractivity contribution in [1.29, 1.82) is 0 Å². The first kappa shape index (κ1) is 19.7. The van der Waals surface area contributed by atoms with Crippen LogP contribution in [-0.2, 0) is 16.1 Å². The van der Waals surface area contributed by atoms with E-state index in [4.69, 9.17) is 4.74 Å². The zero-order chi connectivity index (χ0) is 19.8. The lowest BCUT2D eigenvalue weighted by atomic mass is 10.0. The molecule has 1 aromatic carbocycles. The third kappa shape index (κ3) is 5.45. The minimum absolute atomic E-state index is 0.109. The number of hydrogen-bond acceptors (Lipinski definition) is 6. The summed E-state index contributed by atoms with van der Waals surface area (Å²) in [6.45, 7) is 0.0279. The van der Waals surface area contributed by atoms with Crippen molar-refractivity contribution in [3.63, 3.8) is 0 Å². The van der Waals surface area contributed by atoms with E-state index >= 15 is 0 Å². The summed E-state index contributed by atoms with van der Waals surface area (Å²) in [4.78, 5) is 32.3. The number of nitrogens with one attached hydrogen (secondary N) is 2. The predicted octanol–water partition coefficient (Wildman–Crippen LogP) is 0.597. The molecule has 28 heavy (non-hydrogen) atoms. The van der Waals surface area contributed by atoms with Gasteiger partial charge in [-0.1, -0.05) is 30.4 Å². The molecule has 146 valence electrons. The molecule has 3 N–H and O–H groups in total. The predicted molar refractivity (Wildman–Crippen MR) is 101 cm³/mol. The lowest BCUT2D eigenvalue weighted by Gasteiger charge is -2.31. The Balaban J connectivity index is 1.52. The maximum absolute atomic E-state index is 12.3. The average molecular weight is 382 g/mol. The Kier molecular flexibility index (Phi) is 6.83. The first-order valence-corrected chi connectivity index (χ1v) is 8.98. The maximum atomic E-state index is 12.3.